The molecule has 0 heterocycles. The lowest BCUT2D eigenvalue weighted by atomic mass is 9.98. The van der Waals surface area contributed by atoms with E-state index in [9.17, 15) is 0 Å². The SMILES string of the molecule is C#CCON=C1CCC1. The third-order valence-corrected chi connectivity index (χ3v) is 1.27. The van der Waals surface area contributed by atoms with Gasteiger partial charge in [-0.1, -0.05) is 11.1 Å². The summed E-state index contributed by atoms with van der Waals surface area (Å²) in [6.45, 7) is 0.295. The number of rotatable bonds is 2. The average molecular weight is 123 g/mol. The molecule has 0 aromatic rings. The molecule has 1 rings (SSSR count). The van der Waals surface area contributed by atoms with Crippen LogP contribution in [0.3, 0.4) is 0 Å². The van der Waals surface area contributed by atoms with E-state index < -0.39 is 0 Å². The minimum atomic E-state index is 0.295. The first-order valence-corrected chi connectivity index (χ1v) is 3.04. The molecule has 0 atom stereocenters. The molecule has 2 nitrogen and oxygen atoms in total. The number of hydrogen-bond donors (Lipinski definition) is 0. The predicted octanol–water partition coefficient (Wildman–Crippen LogP) is 1.18. The van der Waals surface area contributed by atoms with E-state index in [2.05, 4.69) is 11.1 Å². The fraction of sp³-hybridized carbons (Fsp3) is 0.571. The molecule has 0 unspecified atom stereocenters. The Kier molecular flexibility index (Phi) is 2.14. The molecular formula is C7H9NO. The van der Waals surface area contributed by atoms with Gasteiger partial charge >= 0.3 is 0 Å². The maximum Gasteiger partial charge on any atom is 0.177 e. The monoisotopic (exact) mass is 123 g/mol. The van der Waals surface area contributed by atoms with Crippen molar-refractivity contribution in [1.29, 1.82) is 0 Å². The molecule has 0 aromatic heterocycles. The van der Waals surface area contributed by atoms with Gasteiger partial charge in [-0.2, -0.15) is 0 Å². The summed E-state index contributed by atoms with van der Waals surface area (Å²) in [5.41, 5.74) is 1.14. The Morgan fingerprint density at radius 1 is 1.67 bits per heavy atom. The highest BCUT2D eigenvalue weighted by molar-refractivity contribution is 5.88. The second-order valence-corrected chi connectivity index (χ2v) is 1.99. The molecule has 1 aliphatic rings. The summed E-state index contributed by atoms with van der Waals surface area (Å²) in [4.78, 5) is 4.74. The molecule has 9 heavy (non-hydrogen) atoms. The van der Waals surface area contributed by atoms with Gasteiger partial charge in [0.2, 0.25) is 0 Å². The fourth-order valence-electron chi connectivity index (χ4n) is 0.587. The molecule has 0 amide bonds. The van der Waals surface area contributed by atoms with Crippen LogP contribution in [-0.2, 0) is 4.84 Å². The molecule has 0 N–H and O–H groups in total. The van der Waals surface area contributed by atoms with Crippen molar-refractivity contribution in [2.75, 3.05) is 6.61 Å². The van der Waals surface area contributed by atoms with Crippen molar-refractivity contribution >= 4 is 5.71 Å². The molecule has 0 spiro atoms. The van der Waals surface area contributed by atoms with Crippen molar-refractivity contribution in [2.24, 2.45) is 5.16 Å². The summed E-state index contributed by atoms with van der Waals surface area (Å²) in [6, 6.07) is 0. The lowest BCUT2D eigenvalue weighted by Gasteiger charge is -2.12. The van der Waals surface area contributed by atoms with E-state index in [-0.39, 0.29) is 0 Å². The minimum Gasteiger partial charge on any atom is -0.383 e. The second-order valence-electron chi connectivity index (χ2n) is 1.99. The molecule has 48 valence electrons. The van der Waals surface area contributed by atoms with Crippen molar-refractivity contribution in [3.8, 4) is 12.3 Å². The first-order chi connectivity index (χ1) is 4.43. The second kappa shape index (κ2) is 3.13. The van der Waals surface area contributed by atoms with E-state index >= 15 is 0 Å². The highest BCUT2D eigenvalue weighted by atomic mass is 16.6. The van der Waals surface area contributed by atoms with Crippen LogP contribution in [0.2, 0.25) is 0 Å². The van der Waals surface area contributed by atoms with Crippen molar-refractivity contribution < 1.29 is 4.84 Å². The van der Waals surface area contributed by atoms with Gasteiger partial charge in [0, 0.05) is 0 Å². The molecule has 1 aliphatic carbocycles. The summed E-state index contributed by atoms with van der Waals surface area (Å²) in [6.07, 6.45) is 8.35. The zero-order valence-corrected chi connectivity index (χ0v) is 5.26. The number of nitrogens with zero attached hydrogens (tertiary/aromatic N) is 1. The lowest BCUT2D eigenvalue weighted by molar-refractivity contribution is 0.176. The largest absolute Gasteiger partial charge is 0.383 e. The molecule has 1 fully saturated rings. The van der Waals surface area contributed by atoms with Crippen molar-refractivity contribution in [3.63, 3.8) is 0 Å². The van der Waals surface area contributed by atoms with Gasteiger partial charge in [-0.25, -0.2) is 0 Å². The third kappa shape index (κ3) is 1.77. The van der Waals surface area contributed by atoms with Gasteiger partial charge in [0.15, 0.2) is 6.61 Å². The zero-order valence-electron chi connectivity index (χ0n) is 5.26. The Balaban J connectivity index is 2.09. The summed E-state index contributed by atoms with van der Waals surface area (Å²) in [5, 5.41) is 3.79. The Labute approximate surface area is 54.9 Å². The molecular weight excluding hydrogens is 114 g/mol. The van der Waals surface area contributed by atoms with Crippen LogP contribution in [0.25, 0.3) is 0 Å². The highest BCUT2D eigenvalue weighted by Gasteiger charge is 2.09. The average Bonchev–Trinajstić information content (AvgIpc) is 1.76. The summed E-state index contributed by atoms with van der Waals surface area (Å²) >= 11 is 0. The van der Waals surface area contributed by atoms with E-state index in [1.165, 1.54) is 6.42 Å². The van der Waals surface area contributed by atoms with Gasteiger partial charge in [0.25, 0.3) is 0 Å². The number of oxime groups is 1. The van der Waals surface area contributed by atoms with Crippen LogP contribution in [0, 0.1) is 12.3 Å². The van der Waals surface area contributed by atoms with Crippen LogP contribution in [0.15, 0.2) is 5.16 Å². The number of hydrogen-bond acceptors (Lipinski definition) is 2. The van der Waals surface area contributed by atoms with Crippen molar-refractivity contribution in [3.05, 3.63) is 0 Å². The van der Waals surface area contributed by atoms with Crippen LogP contribution in [0.4, 0.5) is 0 Å². The fourth-order valence-corrected chi connectivity index (χ4v) is 0.587. The van der Waals surface area contributed by atoms with Gasteiger partial charge < -0.3 is 4.84 Å². The Morgan fingerprint density at radius 3 is 2.89 bits per heavy atom. The van der Waals surface area contributed by atoms with Gasteiger partial charge in [-0.05, 0) is 19.3 Å². The Hall–Kier alpha value is -0.970. The van der Waals surface area contributed by atoms with Gasteiger partial charge in [0.1, 0.15) is 0 Å². The van der Waals surface area contributed by atoms with E-state index in [0.29, 0.717) is 6.61 Å². The number of terminal acetylenes is 1. The Bertz CT molecular complexity index is 149. The molecule has 0 bridgehead atoms. The van der Waals surface area contributed by atoms with Gasteiger partial charge in [0.05, 0.1) is 5.71 Å². The summed E-state index contributed by atoms with van der Waals surface area (Å²) < 4.78 is 0. The summed E-state index contributed by atoms with van der Waals surface area (Å²) in [7, 11) is 0. The van der Waals surface area contributed by atoms with Crippen molar-refractivity contribution in [1.82, 2.24) is 0 Å². The first-order valence-electron chi connectivity index (χ1n) is 3.04. The molecule has 0 aromatic carbocycles. The lowest BCUT2D eigenvalue weighted by Crippen LogP contribution is -2.09. The standard InChI is InChI=1S/C7H9NO/c1-2-6-9-8-7-4-3-5-7/h1H,3-6H2. The third-order valence-electron chi connectivity index (χ3n) is 1.27. The van der Waals surface area contributed by atoms with Crippen molar-refractivity contribution in [2.45, 2.75) is 19.3 Å². The quantitative estimate of drug-likeness (QED) is 0.307. The van der Waals surface area contributed by atoms with E-state index in [1.807, 2.05) is 0 Å². The topological polar surface area (TPSA) is 21.6 Å². The maximum absolute atomic E-state index is 4.93. The summed E-state index contributed by atoms with van der Waals surface area (Å²) in [5.74, 6) is 2.34. The van der Waals surface area contributed by atoms with E-state index in [4.69, 9.17) is 11.3 Å². The molecule has 0 saturated heterocycles. The normalized spacial score (nSPS) is 15.7. The molecule has 2 heteroatoms. The van der Waals surface area contributed by atoms with E-state index in [0.717, 1.165) is 18.6 Å². The van der Waals surface area contributed by atoms with Crippen LogP contribution < -0.4 is 0 Å². The van der Waals surface area contributed by atoms with E-state index in [1.54, 1.807) is 0 Å². The smallest absolute Gasteiger partial charge is 0.177 e. The highest BCUT2D eigenvalue weighted by Crippen LogP contribution is 2.13. The molecule has 1 saturated carbocycles. The molecule has 0 radical (unpaired) electrons. The van der Waals surface area contributed by atoms with Crippen LogP contribution >= 0.6 is 0 Å². The zero-order chi connectivity index (χ0) is 6.53. The predicted molar refractivity (Wildman–Crippen MR) is 36.1 cm³/mol. The minimum absolute atomic E-state index is 0.295. The van der Waals surface area contributed by atoms with Crippen LogP contribution in [0.1, 0.15) is 19.3 Å². The van der Waals surface area contributed by atoms with Crippen LogP contribution in [-0.4, -0.2) is 12.3 Å². The first kappa shape index (κ1) is 6.15. The Morgan fingerprint density at radius 2 is 2.44 bits per heavy atom. The maximum atomic E-state index is 4.93. The van der Waals surface area contributed by atoms with Gasteiger partial charge in [-0.15, -0.1) is 6.42 Å². The molecule has 0 aliphatic heterocycles. The van der Waals surface area contributed by atoms with Crippen LogP contribution in [0.5, 0.6) is 0 Å². The van der Waals surface area contributed by atoms with Gasteiger partial charge in [-0.3, -0.25) is 0 Å².